The number of hydrogen-bond acceptors (Lipinski definition) is 2. The molecule has 0 spiro atoms. The Kier molecular flexibility index (Phi) is 3.45. The Morgan fingerprint density at radius 3 is 2.84 bits per heavy atom. The van der Waals surface area contributed by atoms with Crippen LogP contribution in [0.3, 0.4) is 0 Å². The van der Waals surface area contributed by atoms with Gasteiger partial charge < -0.3 is 9.84 Å². The van der Waals surface area contributed by atoms with Crippen LogP contribution < -0.4 is 4.74 Å². The smallest absolute Gasteiger partial charge is 0.123 e. The van der Waals surface area contributed by atoms with Crippen LogP contribution in [0.25, 0.3) is 0 Å². The Balaban J connectivity index is 1.80. The molecule has 0 heterocycles. The summed E-state index contributed by atoms with van der Waals surface area (Å²) in [7, 11) is 0. The summed E-state index contributed by atoms with van der Waals surface area (Å²) in [6.07, 6.45) is 1.30. The van der Waals surface area contributed by atoms with Crippen LogP contribution in [0.15, 0.2) is 42.5 Å². The Hall–Kier alpha value is -1.51. The van der Waals surface area contributed by atoms with Crippen LogP contribution in [-0.2, 0) is 13.0 Å². The van der Waals surface area contributed by atoms with Crippen molar-refractivity contribution in [2.75, 3.05) is 0 Å². The molecule has 0 amide bonds. The summed E-state index contributed by atoms with van der Waals surface area (Å²) in [4.78, 5) is 0. The second-order valence-electron chi connectivity index (χ2n) is 4.76. The zero-order chi connectivity index (χ0) is 13.2. The monoisotopic (exact) mass is 274 g/mol. The highest BCUT2D eigenvalue weighted by atomic mass is 35.5. The molecular weight excluding hydrogens is 260 g/mol. The third-order valence-electron chi connectivity index (χ3n) is 3.54. The largest absolute Gasteiger partial charge is 0.489 e. The minimum Gasteiger partial charge on any atom is -0.489 e. The summed E-state index contributed by atoms with van der Waals surface area (Å²) in [5.74, 6) is 0.856. The molecule has 0 aliphatic heterocycles. The average Bonchev–Trinajstić information content (AvgIpc) is 2.81. The molecule has 1 aliphatic carbocycles. The number of rotatable bonds is 3. The molecule has 0 fully saturated rings. The summed E-state index contributed by atoms with van der Waals surface area (Å²) in [6, 6.07) is 13.5. The van der Waals surface area contributed by atoms with Gasteiger partial charge in [0.05, 0.1) is 6.10 Å². The van der Waals surface area contributed by atoms with E-state index in [9.17, 15) is 5.11 Å². The zero-order valence-corrected chi connectivity index (χ0v) is 11.2. The van der Waals surface area contributed by atoms with Crippen molar-refractivity contribution in [2.24, 2.45) is 0 Å². The highest BCUT2D eigenvalue weighted by Gasteiger charge is 2.23. The summed E-state index contributed by atoms with van der Waals surface area (Å²) in [6.45, 7) is 0.451. The van der Waals surface area contributed by atoms with Crippen molar-refractivity contribution in [2.45, 2.75) is 25.6 Å². The van der Waals surface area contributed by atoms with Gasteiger partial charge in [0, 0.05) is 16.1 Å². The van der Waals surface area contributed by atoms with Gasteiger partial charge in [0.2, 0.25) is 0 Å². The van der Waals surface area contributed by atoms with Gasteiger partial charge in [-0.05, 0) is 30.5 Å². The lowest BCUT2D eigenvalue weighted by molar-refractivity contribution is 0.180. The lowest BCUT2D eigenvalue weighted by Crippen LogP contribution is -1.99. The summed E-state index contributed by atoms with van der Waals surface area (Å²) in [5.41, 5.74) is 3.10. The fraction of sp³-hybridized carbons (Fsp3) is 0.250. The number of halogens is 1. The summed E-state index contributed by atoms with van der Waals surface area (Å²) < 4.78 is 5.87. The van der Waals surface area contributed by atoms with Crippen LogP contribution in [0.1, 0.15) is 29.2 Å². The van der Waals surface area contributed by atoms with E-state index in [2.05, 4.69) is 0 Å². The lowest BCUT2D eigenvalue weighted by Gasteiger charge is -2.12. The van der Waals surface area contributed by atoms with Crippen LogP contribution >= 0.6 is 11.6 Å². The third-order valence-corrected chi connectivity index (χ3v) is 3.91. The van der Waals surface area contributed by atoms with Crippen molar-refractivity contribution in [3.8, 4) is 5.75 Å². The quantitative estimate of drug-likeness (QED) is 0.920. The van der Waals surface area contributed by atoms with Gasteiger partial charge >= 0.3 is 0 Å². The van der Waals surface area contributed by atoms with Gasteiger partial charge in [0.15, 0.2) is 0 Å². The topological polar surface area (TPSA) is 29.5 Å². The molecule has 19 heavy (non-hydrogen) atoms. The molecular formula is C16H15ClO2. The second-order valence-corrected chi connectivity index (χ2v) is 5.17. The first-order chi connectivity index (χ1) is 9.25. The Labute approximate surface area is 117 Å². The Morgan fingerprint density at radius 2 is 2.00 bits per heavy atom. The first kappa shape index (κ1) is 12.5. The molecule has 2 nitrogen and oxygen atoms in total. The van der Waals surface area contributed by atoms with E-state index in [0.717, 1.165) is 40.3 Å². The first-order valence-corrected chi connectivity index (χ1v) is 6.79. The van der Waals surface area contributed by atoms with Crippen LogP contribution in [0.4, 0.5) is 0 Å². The summed E-state index contributed by atoms with van der Waals surface area (Å²) >= 11 is 6.11. The predicted molar refractivity (Wildman–Crippen MR) is 75.5 cm³/mol. The van der Waals surface area contributed by atoms with Gasteiger partial charge in [0.25, 0.3) is 0 Å². The van der Waals surface area contributed by atoms with Crippen molar-refractivity contribution in [1.29, 1.82) is 0 Å². The molecule has 1 aliphatic rings. The number of hydrogen-bond donors (Lipinski definition) is 1. The van der Waals surface area contributed by atoms with Crippen LogP contribution in [0.5, 0.6) is 5.75 Å². The normalized spacial score (nSPS) is 17.3. The number of aliphatic hydroxyl groups is 1. The van der Waals surface area contributed by atoms with Crippen molar-refractivity contribution in [3.63, 3.8) is 0 Å². The van der Waals surface area contributed by atoms with Gasteiger partial charge in [0.1, 0.15) is 12.4 Å². The van der Waals surface area contributed by atoms with Crippen molar-refractivity contribution >= 4 is 11.6 Å². The molecule has 0 aromatic heterocycles. The minimum absolute atomic E-state index is 0.348. The average molecular weight is 275 g/mol. The third kappa shape index (κ3) is 2.46. The Morgan fingerprint density at radius 1 is 1.16 bits per heavy atom. The lowest BCUT2D eigenvalue weighted by atomic mass is 10.1. The molecule has 3 heteroatoms. The van der Waals surface area contributed by atoms with E-state index in [1.54, 1.807) is 0 Å². The number of benzene rings is 2. The minimum atomic E-state index is -0.348. The molecule has 0 bridgehead atoms. The van der Waals surface area contributed by atoms with Crippen LogP contribution in [0, 0.1) is 0 Å². The standard InChI is InChI=1S/C16H15ClO2/c17-14-6-2-1-4-11(14)10-19-16-7-3-5-12-13(16)8-9-15(12)18/h1-7,15,18H,8-10H2. The maximum absolute atomic E-state index is 9.86. The van der Waals surface area contributed by atoms with E-state index in [0.29, 0.717) is 6.61 Å². The fourth-order valence-corrected chi connectivity index (χ4v) is 2.70. The number of ether oxygens (including phenoxy) is 1. The molecule has 1 atom stereocenters. The molecule has 0 saturated heterocycles. The molecule has 98 valence electrons. The molecule has 3 rings (SSSR count). The highest BCUT2D eigenvalue weighted by molar-refractivity contribution is 6.31. The SMILES string of the molecule is OC1CCc2c(OCc3ccccc3Cl)cccc21. The number of aliphatic hydroxyl groups excluding tert-OH is 1. The van der Waals surface area contributed by atoms with Gasteiger partial charge in [-0.2, -0.15) is 0 Å². The molecule has 1 unspecified atom stereocenters. The van der Waals surface area contributed by atoms with Gasteiger partial charge in [-0.25, -0.2) is 0 Å². The van der Waals surface area contributed by atoms with Crippen LogP contribution in [-0.4, -0.2) is 5.11 Å². The van der Waals surface area contributed by atoms with E-state index in [4.69, 9.17) is 16.3 Å². The zero-order valence-electron chi connectivity index (χ0n) is 10.5. The van der Waals surface area contributed by atoms with E-state index in [-0.39, 0.29) is 6.10 Å². The fourth-order valence-electron chi connectivity index (χ4n) is 2.51. The van der Waals surface area contributed by atoms with Gasteiger partial charge in [-0.1, -0.05) is 41.9 Å². The highest BCUT2D eigenvalue weighted by Crippen LogP contribution is 2.37. The van der Waals surface area contributed by atoms with Crippen molar-refractivity contribution in [1.82, 2.24) is 0 Å². The maximum Gasteiger partial charge on any atom is 0.123 e. The molecule has 1 N–H and O–H groups in total. The van der Waals surface area contributed by atoms with E-state index >= 15 is 0 Å². The van der Waals surface area contributed by atoms with Crippen LogP contribution in [0.2, 0.25) is 5.02 Å². The molecule has 0 radical (unpaired) electrons. The molecule has 2 aromatic rings. The first-order valence-electron chi connectivity index (χ1n) is 6.42. The second kappa shape index (κ2) is 5.24. The van der Waals surface area contributed by atoms with E-state index < -0.39 is 0 Å². The number of fused-ring (bicyclic) bond motifs is 1. The molecule has 2 aromatic carbocycles. The molecule has 0 saturated carbocycles. The van der Waals surface area contributed by atoms with Crippen molar-refractivity contribution in [3.05, 3.63) is 64.2 Å². The van der Waals surface area contributed by atoms with E-state index in [1.807, 2.05) is 42.5 Å². The van der Waals surface area contributed by atoms with Crippen molar-refractivity contribution < 1.29 is 9.84 Å². The predicted octanol–water partition coefficient (Wildman–Crippen LogP) is 3.90. The van der Waals surface area contributed by atoms with Gasteiger partial charge in [-0.15, -0.1) is 0 Å². The van der Waals surface area contributed by atoms with E-state index in [1.165, 1.54) is 0 Å². The Bertz CT molecular complexity index is 595. The summed E-state index contributed by atoms with van der Waals surface area (Å²) in [5, 5.41) is 10.6. The maximum atomic E-state index is 9.86. The van der Waals surface area contributed by atoms with Gasteiger partial charge in [-0.3, -0.25) is 0 Å².